The van der Waals surface area contributed by atoms with E-state index < -0.39 is 0 Å². The number of thiazole rings is 1. The van der Waals surface area contributed by atoms with Crippen LogP contribution >= 0.6 is 11.3 Å². The number of aryl methyl sites for hydroxylation is 5. The van der Waals surface area contributed by atoms with Gasteiger partial charge in [-0.15, -0.1) is 11.3 Å². The summed E-state index contributed by atoms with van der Waals surface area (Å²) in [5.74, 6) is 0.931. The number of H-pyrrole nitrogens is 1. The topological polar surface area (TPSA) is 59.4 Å². The van der Waals surface area contributed by atoms with Crippen LogP contribution < -0.4 is 0 Å². The average molecular weight is 313 g/mol. The smallest absolute Gasteiger partial charge is 0.160 e. The van der Waals surface area contributed by atoms with Crippen LogP contribution in [0.2, 0.25) is 0 Å². The number of hydrogen-bond donors (Lipinski definition) is 1. The summed E-state index contributed by atoms with van der Waals surface area (Å²) in [5, 5.41) is 1.25. The second kappa shape index (κ2) is 5.68. The lowest BCUT2D eigenvalue weighted by atomic mass is 10.0. The largest absolute Gasteiger partial charge is 0.348 e. The monoisotopic (exact) mass is 313 g/mol. The fourth-order valence-electron chi connectivity index (χ4n) is 3.02. The van der Waals surface area contributed by atoms with Crippen LogP contribution in [0.4, 0.5) is 0 Å². The minimum absolute atomic E-state index is 0.897. The molecule has 0 unspecified atom stereocenters. The first kappa shape index (κ1) is 13.7. The van der Waals surface area contributed by atoms with Crippen molar-refractivity contribution in [2.75, 3.05) is 0 Å². The molecule has 1 aliphatic rings. The lowest BCUT2D eigenvalue weighted by Crippen LogP contribution is -2.03. The summed E-state index contributed by atoms with van der Waals surface area (Å²) in [5.41, 5.74) is 3.33. The first-order chi connectivity index (χ1) is 10.8. The lowest BCUT2D eigenvalue weighted by Gasteiger charge is -2.06. The van der Waals surface area contributed by atoms with Crippen molar-refractivity contribution in [1.82, 2.24) is 24.5 Å². The van der Waals surface area contributed by atoms with E-state index in [0.717, 1.165) is 36.6 Å². The fraction of sp³-hybridized carbons (Fsp3) is 0.438. The maximum atomic E-state index is 4.82. The predicted molar refractivity (Wildman–Crippen MR) is 87.0 cm³/mol. The number of nitrogens with zero attached hydrogens (tertiary/aromatic N) is 4. The third-order valence-electron chi connectivity index (χ3n) is 4.21. The van der Waals surface area contributed by atoms with Gasteiger partial charge in [-0.3, -0.25) is 0 Å². The Morgan fingerprint density at radius 2 is 2.18 bits per heavy atom. The molecule has 0 amide bonds. The molecule has 114 valence electrons. The van der Waals surface area contributed by atoms with Gasteiger partial charge in [0.2, 0.25) is 0 Å². The molecule has 0 bridgehead atoms. The average Bonchev–Trinajstić information content (AvgIpc) is 3.23. The standard InChI is InChI=1S/C16H19N5S/c1-11-15(19-10-18-11)16-17-7-9-21(16)8-6-14-20-12-4-2-3-5-13(12)22-14/h7,9-10H,2-6,8H2,1H3,(H,18,19). The summed E-state index contributed by atoms with van der Waals surface area (Å²) in [6.07, 6.45) is 11.5. The Morgan fingerprint density at radius 1 is 1.27 bits per heavy atom. The molecule has 0 radical (unpaired) electrons. The lowest BCUT2D eigenvalue weighted by molar-refractivity contribution is 0.671. The Balaban J connectivity index is 1.52. The molecule has 1 aliphatic carbocycles. The normalized spacial score (nSPS) is 14.2. The minimum Gasteiger partial charge on any atom is -0.348 e. The maximum absolute atomic E-state index is 4.82. The summed E-state index contributed by atoms with van der Waals surface area (Å²) in [6, 6.07) is 0. The van der Waals surface area contributed by atoms with Crippen LogP contribution in [0.15, 0.2) is 18.7 Å². The van der Waals surface area contributed by atoms with Crippen LogP contribution in [0.25, 0.3) is 11.5 Å². The van der Waals surface area contributed by atoms with E-state index in [1.54, 1.807) is 6.33 Å². The molecular weight excluding hydrogens is 294 g/mol. The van der Waals surface area contributed by atoms with Gasteiger partial charge in [0.05, 0.1) is 17.0 Å². The van der Waals surface area contributed by atoms with Crippen molar-refractivity contribution in [1.29, 1.82) is 0 Å². The molecule has 3 heterocycles. The van der Waals surface area contributed by atoms with Crippen molar-refractivity contribution in [3.63, 3.8) is 0 Å². The van der Waals surface area contributed by atoms with Gasteiger partial charge in [0.1, 0.15) is 5.69 Å². The Morgan fingerprint density at radius 3 is 3.00 bits per heavy atom. The first-order valence-electron chi connectivity index (χ1n) is 7.80. The van der Waals surface area contributed by atoms with Gasteiger partial charge in [0, 0.05) is 35.9 Å². The van der Waals surface area contributed by atoms with Gasteiger partial charge in [0.15, 0.2) is 5.82 Å². The Hall–Kier alpha value is -1.95. The predicted octanol–water partition coefficient (Wildman–Crippen LogP) is 3.16. The van der Waals surface area contributed by atoms with Gasteiger partial charge in [0.25, 0.3) is 0 Å². The van der Waals surface area contributed by atoms with Crippen LogP contribution in [0.5, 0.6) is 0 Å². The molecule has 0 saturated heterocycles. The summed E-state index contributed by atoms with van der Waals surface area (Å²) >= 11 is 1.90. The SMILES string of the molecule is Cc1[nH]cnc1-c1nccn1CCc1nc2c(s1)CCCC2. The molecule has 0 atom stereocenters. The molecule has 0 aliphatic heterocycles. The van der Waals surface area contributed by atoms with E-state index in [9.17, 15) is 0 Å². The number of rotatable bonds is 4. The zero-order chi connectivity index (χ0) is 14.9. The highest BCUT2D eigenvalue weighted by molar-refractivity contribution is 7.11. The van der Waals surface area contributed by atoms with E-state index in [2.05, 4.69) is 19.5 Å². The van der Waals surface area contributed by atoms with Crippen molar-refractivity contribution in [2.45, 2.75) is 45.6 Å². The highest BCUT2D eigenvalue weighted by Crippen LogP contribution is 2.27. The second-order valence-corrected chi connectivity index (χ2v) is 6.92. The van der Waals surface area contributed by atoms with Gasteiger partial charge in [-0.05, 0) is 32.6 Å². The van der Waals surface area contributed by atoms with Crippen LogP contribution in [-0.4, -0.2) is 24.5 Å². The van der Waals surface area contributed by atoms with E-state index in [1.807, 2.05) is 30.7 Å². The Labute approximate surface area is 133 Å². The van der Waals surface area contributed by atoms with Crippen LogP contribution in [0, 0.1) is 6.92 Å². The van der Waals surface area contributed by atoms with Crippen LogP contribution in [0.1, 0.15) is 34.1 Å². The zero-order valence-electron chi connectivity index (χ0n) is 12.7. The van der Waals surface area contributed by atoms with Gasteiger partial charge in [-0.1, -0.05) is 0 Å². The summed E-state index contributed by atoms with van der Waals surface area (Å²) < 4.78 is 2.17. The van der Waals surface area contributed by atoms with Crippen molar-refractivity contribution >= 4 is 11.3 Å². The molecule has 4 rings (SSSR count). The van der Waals surface area contributed by atoms with Crippen molar-refractivity contribution in [2.24, 2.45) is 0 Å². The highest BCUT2D eigenvalue weighted by Gasteiger charge is 2.16. The molecule has 0 spiro atoms. The van der Waals surface area contributed by atoms with E-state index in [4.69, 9.17) is 4.98 Å². The van der Waals surface area contributed by atoms with Gasteiger partial charge < -0.3 is 9.55 Å². The zero-order valence-corrected chi connectivity index (χ0v) is 13.5. The number of hydrogen-bond acceptors (Lipinski definition) is 4. The Kier molecular flexibility index (Phi) is 3.54. The fourth-order valence-corrected chi connectivity index (χ4v) is 4.17. The maximum Gasteiger partial charge on any atom is 0.160 e. The number of nitrogens with one attached hydrogen (secondary N) is 1. The summed E-state index contributed by atoms with van der Waals surface area (Å²) in [6.45, 7) is 2.92. The van der Waals surface area contributed by atoms with E-state index in [0.29, 0.717) is 0 Å². The van der Waals surface area contributed by atoms with Crippen LogP contribution in [0.3, 0.4) is 0 Å². The van der Waals surface area contributed by atoms with Gasteiger partial charge in [-0.25, -0.2) is 15.0 Å². The molecule has 0 fully saturated rings. The number of imidazole rings is 2. The molecule has 5 nitrogen and oxygen atoms in total. The molecule has 3 aromatic heterocycles. The van der Waals surface area contributed by atoms with Crippen molar-refractivity contribution < 1.29 is 0 Å². The summed E-state index contributed by atoms with van der Waals surface area (Å²) in [4.78, 5) is 18.3. The molecule has 1 N–H and O–H groups in total. The molecule has 22 heavy (non-hydrogen) atoms. The van der Waals surface area contributed by atoms with E-state index in [-0.39, 0.29) is 0 Å². The highest BCUT2D eigenvalue weighted by atomic mass is 32.1. The minimum atomic E-state index is 0.897. The second-order valence-electron chi connectivity index (χ2n) is 5.75. The third-order valence-corrected chi connectivity index (χ3v) is 5.43. The number of fused-ring (bicyclic) bond motifs is 1. The van der Waals surface area contributed by atoms with Crippen LogP contribution in [-0.2, 0) is 25.8 Å². The van der Waals surface area contributed by atoms with Gasteiger partial charge in [-0.2, -0.15) is 0 Å². The van der Waals surface area contributed by atoms with Crippen molar-refractivity contribution in [3.05, 3.63) is 40.0 Å². The quantitative estimate of drug-likeness (QED) is 0.805. The molecule has 3 aromatic rings. The molecule has 0 saturated carbocycles. The number of aromatic amines is 1. The summed E-state index contributed by atoms with van der Waals surface area (Å²) in [7, 11) is 0. The van der Waals surface area contributed by atoms with E-state index in [1.165, 1.54) is 34.8 Å². The molecule has 6 heteroatoms. The van der Waals surface area contributed by atoms with Gasteiger partial charge >= 0.3 is 0 Å². The Bertz CT molecular complexity index is 759. The third kappa shape index (κ3) is 2.47. The molecule has 0 aromatic carbocycles. The molecular formula is C16H19N5S. The first-order valence-corrected chi connectivity index (χ1v) is 8.62. The van der Waals surface area contributed by atoms with Crippen molar-refractivity contribution in [3.8, 4) is 11.5 Å². The van der Waals surface area contributed by atoms with E-state index >= 15 is 0 Å². The number of aromatic nitrogens is 5.